The molecule has 0 aliphatic carbocycles. The van der Waals surface area contributed by atoms with Crippen molar-refractivity contribution in [3.05, 3.63) is 50.6 Å². The van der Waals surface area contributed by atoms with Crippen LogP contribution in [0.5, 0.6) is 0 Å². The fourth-order valence-electron chi connectivity index (χ4n) is 1.67. The molecule has 0 spiro atoms. The molecule has 0 saturated heterocycles. The minimum atomic E-state index is -1.04. The molecule has 0 bridgehead atoms. The van der Waals surface area contributed by atoms with E-state index < -0.39 is 5.97 Å². The Hall–Kier alpha value is -1.86. The molecule has 110 valence electrons. The Morgan fingerprint density at radius 3 is 2.76 bits per heavy atom. The van der Waals surface area contributed by atoms with Crippen molar-refractivity contribution >= 4 is 45.0 Å². The number of halogens is 1. The molecule has 1 aromatic carbocycles. The summed E-state index contributed by atoms with van der Waals surface area (Å²) in [5.74, 6) is -1.04. The molecule has 0 fully saturated rings. The number of nitrogens with zero attached hydrogens (tertiary/aromatic N) is 1. The zero-order chi connectivity index (χ0) is 15.4. The smallest absolute Gasteiger partial charge is 0.335 e. The Morgan fingerprint density at radius 2 is 2.14 bits per heavy atom. The van der Waals surface area contributed by atoms with Gasteiger partial charge in [0.05, 0.1) is 17.8 Å². The highest BCUT2D eigenvalue weighted by molar-refractivity contribution is 9.10. The van der Waals surface area contributed by atoms with Gasteiger partial charge in [0, 0.05) is 16.4 Å². The lowest BCUT2D eigenvalue weighted by Crippen LogP contribution is -2.30. The van der Waals surface area contributed by atoms with Crippen LogP contribution in [0.25, 0.3) is 0 Å². The molecular formula is C14H13BrN2O3S. The van der Waals surface area contributed by atoms with Gasteiger partial charge in [-0.3, -0.25) is 0 Å². The number of hydrogen-bond acceptors (Lipinski definition) is 3. The zero-order valence-corrected chi connectivity index (χ0v) is 13.6. The minimum absolute atomic E-state index is 0.120. The maximum absolute atomic E-state index is 12.1. The van der Waals surface area contributed by atoms with Gasteiger partial charge in [0.15, 0.2) is 0 Å². The summed E-state index contributed by atoms with van der Waals surface area (Å²) in [5, 5.41) is 13.6. The molecular weight excluding hydrogens is 356 g/mol. The molecule has 1 aromatic heterocycles. The molecule has 21 heavy (non-hydrogen) atoms. The molecule has 0 aliphatic rings. The third-order valence-corrected chi connectivity index (χ3v) is 4.33. The van der Waals surface area contributed by atoms with Crippen molar-refractivity contribution in [2.75, 3.05) is 12.4 Å². The van der Waals surface area contributed by atoms with Gasteiger partial charge in [-0.05, 0) is 45.6 Å². The van der Waals surface area contributed by atoms with Crippen molar-refractivity contribution in [3.8, 4) is 0 Å². The van der Waals surface area contributed by atoms with Gasteiger partial charge in [0.1, 0.15) is 0 Å². The fraction of sp³-hybridized carbons (Fsp3) is 0.143. The first kappa shape index (κ1) is 15.5. The number of thiophene rings is 1. The van der Waals surface area contributed by atoms with Crippen LogP contribution >= 0.6 is 27.3 Å². The SMILES string of the molecule is CN(Cc1cccs1)C(=O)Nc1cc(C(=O)O)ccc1Br. The van der Waals surface area contributed by atoms with E-state index in [9.17, 15) is 9.59 Å². The number of anilines is 1. The first-order chi connectivity index (χ1) is 9.97. The molecule has 1 heterocycles. The maximum Gasteiger partial charge on any atom is 0.335 e. The largest absolute Gasteiger partial charge is 0.478 e. The topological polar surface area (TPSA) is 69.6 Å². The van der Waals surface area contributed by atoms with E-state index in [1.54, 1.807) is 24.5 Å². The number of rotatable bonds is 4. The molecule has 5 nitrogen and oxygen atoms in total. The number of carboxylic acids is 1. The predicted molar refractivity (Wildman–Crippen MR) is 85.9 cm³/mol. The van der Waals surface area contributed by atoms with Gasteiger partial charge >= 0.3 is 12.0 Å². The second-order valence-corrected chi connectivity index (χ2v) is 6.25. The summed E-state index contributed by atoms with van der Waals surface area (Å²) in [6.45, 7) is 0.500. The number of carbonyl (C=O) groups is 2. The highest BCUT2D eigenvalue weighted by atomic mass is 79.9. The van der Waals surface area contributed by atoms with Crippen LogP contribution in [0, 0.1) is 0 Å². The number of amides is 2. The molecule has 2 rings (SSSR count). The Labute approximate surface area is 134 Å². The monoisotopic (exact) mass is 368 g/mol. The first-order valence-electron chi connectivity index (χ1n) is 6.04. The lowest BCUT2D eigenvalue weighted by molar-refractivity contribution is 0.0697. The van der Waals surface area contributed by atoms with Crippen molar-refractivity contribution in [3.63, 3.8) is 0 Å². The van der Waals surface area contributed by atoms with Crippen LogP contribution in [0.3, 0.4) is 0 Å². The van der Waals surface area contributed by atoms with Crippen LogP contribution < -0.4 is 5.32 Å². The number of nitrogens with one attached hydrogen (secondary N) is 1. The molecule has 0 radical (unpaired) electrons. The highest BCUT2D eigenvalue weighted by Gasteiger charge is 2.13. The van der Waals surface area contributed by atoms with Crippen molar-refractivity contribution in [2.45, 2.75) is 6.54 Å². The van der Waals surface area contributed by atoms with Crippen LogP contribution in [0.15, 0.2) is 40.2 Å². The van der Waals surface area contributed by atoms with Gasteiger partial charge in [0.25, 0.3) is 0 Å². The van der Waals surface area contributed by atoms with Gasteiger partial charge in [-0.15, -0.1) is 11.3 Å². The summed E-state index contributed by atoms with van der Waals surface area (Å²) in [5.41, 5.74) is 0.548. The number of urea groups is 1. The maximum atomic E-state index is 12.1. The summed E-state index contributed by atoms with van der Waals surface area (Å²) in [6, 6.07) is 8.07. The lowest BCUT2D eigenvalue weighted by atomic mass is 10.2. The summed E-state index contributed by atoms with van der Waals surface area (Å²) >= 11 is 4.87. The van der Waals surface area contributed by atoms with Gasteiger partial charge in [-0.2, -0.15) is 0 Å². The highest BCUT2D eigenvalue weighted by Crippen LogP contribution is 2.24. The summed E-state index contributed by atoms with van der Waals surface area (Å²) in [4.78, 5) is 25.7. The van der Waals surface area contributed by atoms with Crippen LogP contribution in [-0.2, 0) is 6.54 Å². The van der Waals surface area contributed by atoms with Crippen LogP contribution in [0.1, 0.15) is 15.2 Å². The Balaban J connectivity index is 2.08. The van der Waals surface area contributed by atoms with Gasteiger partial charge < -0.3 is 15.3 Å². The summed E-state index contributed by atoms with van der Waals surface area (Å²) < 4.78 is 0.630. The van der Waals surface area contributed by atoms with Crippen molar-refractivity contribution in [1.82, 2.24) is 4.90 Å². The van der Waals surface area contributed by atoms with Crippen LogP contribution in [0.4, 0.5) is 10.5 Å². The molecule has 0 unspecified atom stereocenters. The molecule has 2 N–H and O–H groups in total. The standard InChI is InChI=1S/C14H13BrN2O3S/c1-17(8-10-3-2-6-21-10)14(20)16-12-7-9(13(18)19)4-5-11(12)15/h2-7H,8H2,1H3,(H,16,20)(H,18,19). The van der Waals surface area contributed by atoms with Gasteiger partial charge in [-0.25, -0.2) is 9.59 Å². The Kier molecular flexibility index (Phi) is 4.98. The van der Waals surface area contributed by atoms with Crippen LogP contribution in [0.2, 0.25) is 0 Å². The lowest BCUT2D eigenvalue weighted by Gasteiger charge is -2.18. The predicted octanol–water partition coefficient (Wildman–Crippen LogP) is 3.87. The number of benzene rings is 1. The number of hydrogen-bond donors (Lipinski definition) is 2. The molecule has 2 amide bonds. The van der Waals surface area contributed by atoms with E-state index >= 15 is 0 Å². The van der Waals surface area contributed by atoms with E-state index in [-0.39, 0.29) is 11.6 Å². The molecule has 0 saturated carbocycles. The number of carboxylic acid groups (broad SMARTS) is 1. The quantitative estimate of drug-likeness (QED) is 0.860. The zero-order valence-electron chi connectivity index (χ0n) is 11.2. The van der Waals surface area contributed by atoms with Crippen molar-refractivity contribution < 1.29 is 14.7 Å². The summed E-state index contributed by atoms with van der Waals surface area (Å²) in [6.07, 6.45) is 0. The van der Waals surface area contributed by atoms with Gasteiger partial charge in [-0.1, -0.05) is 6.07 Å². The third-order valence-electron chi connectivity index (χ3n) is 2.77. The van der Waals surface area contributed by atoms with E-state index in [1.165, 1.54) is 17.0 Å². The minimum Gasteiger partial charge on any atom is -0.478 e. The van der Waals surface area contributed by atoms with E-state index in [0.717, 1.165) is 4.88 Å². The first-order valence-corrected chi connectivity index (χ1v) is 7.72. The average Bonchev–Trinajstić information content (AvgIpc) is 2.93. The number of aromatic carboxylic acids is 1. The van der Waals surface area contributed by atoms with E-state index in [4.69, 9.17) is 5.11 Å². The van der Waals surface area contributed by atoms with E-state index in [2.05, 4.69) is 21.2 Å². The van der Waals surface area contributed by atoms with Gasteiger partial charge in [0.2, 0.25) is 0 Å². The van der Waals surface area contributed by atoms with E-state index in [0.29, 0.717) is 16.7 Å². The second-order valence-electron chi connectivity index (χ2n) is 4.37. The number of carbonyl (C=O) groups excluding carboxylic acids is 1. The molecule has 0 aliphatic heterocycles. The molecule has 0 atom stereocenters. The second kappa shape index (κ2) is 6.73. The van der Waals surface area contributed by atoms with E-state index in [1.807, 2.05) is 17.5 Å². The van der Waals surface area contributed by atoms with Crippen molar-refractivity contribution in [1.29, 1.82) is 0 Å². The Bertz CT molecular complexity index is 658. The molecule has 7 heteroatoms. The molecule has 2 aromatic rings. The summed E-state index contributed by atoms with van der Waals surface area (Å²) in [7, 11) is 1.68. The van der Waals surface area contributed by atoms with Crippen molar-refractivity contribution in [2.24, 2.45) is 0 Å². The fourth-order valence-corrected chi connectivity index (χ4v) is 2.78. The van der Waals surface area contributed by atoms with Crippen LogP contribution in [-0.4, -0.2) is 29.1 Å². The Morgan fingerprint density at radius 1 is 1.38 bits per heavy atom. The normalized spacial score (nSPS) is 10.2. The average molecular weight is 369 g/mol. The third kappa shape index (κ3) is 4.05.